The van der Waals surface area contributed by atoms with Crippen LogP contribution in [0.3, 0.4) is 0 Å². The van der Waals surface area contributed by atoms with Gasteiger partial charge in [-0.25, -0.2) is 0 Å². The average Bonchev–Trinajstić information content (AvgIpc) is 2.51. The van der Waals surface area contributed by atoms with Crippen LogP contribution in [0.15, 0.2) is 0 Å². The molecule has 0 aromatic heterocycles. The summed E-state index contributed by atoms with van der Waals surface area (Å²) < 4.78 is 6.10. The van der Waals surface area contributed by atoms with Gasteiger partial charge in [-0.05, 0) is 59.3 Å². The standard InChI is InChI=1S/C14H26O2/c1-10-6-7-14(15,8-10)11-9-12(2,3)16-13(11,4)5/h10-11,15H,6-9H2,1-5H3. The second kappa shape index (κ2) is 3.46. The molecule has 1 heterocycles. The summed E-state index contributed by atoms with van der Waals surface area (Å²) in [7, 11) is 0. The van der Waals surface area contributed by atoms with Crippen LogP contribution in [0.1, 0.15) is 60.3 Å². The molecule has 2 heteroatoms. The van der Waals surface area contributed by atoms with Crippen molar-refractivity contribution in [2.75, 3.05) is 0 Å². The minimum Gasteiger partial charge on any atom is -0.389 e. The fourth-order valence-corrected chi connectivity index (χ4v) is 4.02. The SMILES string of the molecule is CC1CCC(O)(C2CC(C)(C)OC2(C)C)C1. The zero-order valence-electron chi connectivity index (χ0n) is 11.3. The molecule has 2 aliphatic rings. The van der Waals surface area contributed by atoms with Gasteiger partial charge in [0.2, 0.25) is 0 Å². The maximum absolute atomic E-state index is 10.8. The molecule has 0 amide bonds. The smallest absolute Gasteiger partial charge is 0.0706 e. The van der Waals surface area contributed by atoms with Gasteiger partial charge >= 0.3 is 0 Å². The predicted molar refractivity (Wildman–Crippen MR) is 65.3 cm³/mol. The van der Waals surface area contributed by atoms with E-state index in [2.05, 4.69) is 34.6 Å². The Balaban J connectivity index is 2.21. The normalized spacial score (nSPS) is 46.1. The van der Waals surface area contributed by atoms with Crippen LogP contribution in [0.25, 0.3) is 0 Å². The van der Waals surface area contributed by atoms with Gasteiger partial charge in [-0.3, -0.25) is 0 Å². The highest BCUT2D eigenvalue weighted by atomic mass is 16.5. The second-order valence-electron chi connectivity index (χ2n) is 7.17. The molecule has 0 spiro atoms. The van der Waals surface area contributed by atoms with Crippen LogP contribution >= 0.6 is 0 Å². The summed E-state index contributed by atoms with van der Waals surface area (Å²) in [5.74, 6) is 0.935. The molecule has 1 aliphatic heterocycles. The van der Waals surface area contributed by atoms with Crippen molar-refractivity contribution in [3.05, 3.63) is 0 Å². The largest absolute Gasteiger partial charge is 0.389 e. The molecular weight excluding hydrogens is 200 g/mol. The maximum Gasteiger partial charge on any atom is 0.0706 e. The van der Waals surface area contributed by atoms with E-state index in [1.54, 1.807) is 0 Å². The zero-order chi connectivity index (χ0) is 12.2. The Hall–Kier alpha value is -0.0800. The number of hydrogen-bond donors (Lipinski definition) is 1. The van der Waals surface area contributed by atoms with Gasteiger partial charge in [0.25, 0.3) is 0 Å². The zero-order valence-corrected chi connectivity index (χ0v) is 11.3. The summed E-state index contributed by atoms with van der Waals surface area (Å²) in [5.41, 5.74) is -0.769. The number of hydrogen-bond acceptors (Lipinski definition) is 2. The molecule has 1 saturated heterocycles. The van der Waals surface area contributed by atoms with Crippen LogP contribution in [-0.2, 0) is 4.74 Å². The molecule has 0 aromatic carbocycles. The van der Waals surface area contributed by atoms with Crippen LogP contribution in [0.4, 0.5) is 0 Å². The third-order valence-corrected chi connectivity index (χ3v) is 4.49. The van der Waals surface area contributed by atoms with Gasteiger partial charge in [0.1, 0.15) is 0 Å². The van der Waals surface area contributed by atoms with E-state index in [0.29, 0.717) is 5.92 Å². The molecule has 0 aromatic rings. The van der Waals surface area contributed by atoms with E-state index in [9.17, 15) is 5.11 Å². The third-order valence-electron chi connectivity index (χ3n) is 4.49. The molecule has 2 fully saturated rings. The lowest BCUT2D eigenvalue weighted by Crippen LogP contribution is -2.45. The van der Waals surface area contributed by atoms with Crippen LogP contribution < -0.4 is 0 Å². The molecule has 2 nitrogen and oxygen atoms in total. The first-order valence-electron chi connectivity index (χ1n) is 6.57. The molecular formula is C14H26O2. The summed E-state index contributed by atoms with van der Waals surface area (Å²) in [6.45, 7) is 10.8. The van der Waals surface area contributed by atoms with Crippen molar-refractivity contribution >= 4 is 0 Å². The van der Waals surface area contributed by atoms with E-state index in [4.69, 9.17) is 4.74 Å². The van der Waals surface area contributed by atoms with E-state index >= 15 is 0 Å². The first kappa shape index (κ1) is 12.4. The summed E-state index contributed by atoms with van der Waals surface area (Å²) in [6, 6.07) is 0. The van der Waals surface area contributed by atoms with Crippen molar-refractivity contribution in [3.63, 3.8) is 0 Å². The summed E-state index contributed by atoms with van der Waals surface area (Å²) in [4.78, 5) is 0. The average molecular weight is 226 g/mol. The Kier molecular flexibility index (Phi) is 2.67. The molecule has 16 heavy (non-hydrogen) atoms. The van der Waals surface area contributed by atoms with Gasteiger partial charge in [0, 0.05) is 5.92 Å². The maximum atomic E-state index is 10.8. The number of ether oxygens (including phenoxy) is 1. The lowest BCUT2D eigenvalue weighted by atomic mass is 9.73. The predicted octanol–water partition coefficient (Wildman–Crippen LogP) is 3.13. The van der Waals surface area contributed by atoms with Crippen molar-refractivity contribution in [1.82, 2.24) is 0 Å². The minimum atomic E-state index is -0.489. The molecule has 1 N–H and O–H groups in total. The van der Waals surface area contributed by atoms with E-state index in [0.717, 1.165) is 25.7 Å². The van der Waals surface area contributed by atoms with Gasteiger partial charge < -0.3 is 9.84 Å². The van der Waals surface area contributed by atoms with Crippen molar-refractivity contribution < 1.29 is 9.84 Å². The van der Waals surface area contributed by atoms with Crippen molar-refractivity contribution in [3.8, 4) is 0 Å². The minimum absolute atomic E-state index is 0.0876. The van der Waals surface area contributed by atoms with Gasteiger partial charge in [-0.1, -0.05) is 6.92 Å². The Morgan fingerprint density at radius 1 is 1.12 bits per heavy atom. The van der Waals surface area contributed by atoms with E-state index in [-0.39, 0.29) is 17.1 Å². The molecule has 1 saturated carbocycles. The lowest BCUT2D eigenvalue weighted by molar-refractivity contribution is -0.112. The van der Waals surface area contributed by atoms with Crippen molar-refractivity contribution in [1.29, 1.82) is 0 Å². The second-order valence-corrected chi connectivity index (χ2v) is 7.17. The van der Waals surface area contributed by atoms with Crippen molar-refractivity contribution in [2.45, 2.75) is 77.1 Å². The number of rotatable bonds is 1. The van der Waals surface area contributed by atoms with Gasteiger partial charge in [-0.2, -0.15) is 0 Å². The molecule has 0 radical (unpaired) electrons. The molecule has 3 unspecified atom stereocenters. The summed E-state index contributed by atoms with van der Waals surface area (Å²) >= 11 is 0. The van der Waals surface area contributed by atoms with Crippen LogP contribution in [0.2, 0.25) is 0 Å². The van der Waals surface area contributed by atoms with Crippen LogP contribution in [-0.4, -0.2) is 21.9 Å². The molecule has 3 atom stereocenters. The van der Waals surface area contributed by atoms with Gasteiger partial charge in [0.15, 0.2) is 0 Å². The Bertz CT molecular complexity index is 282. The summed E-state index contributed by atoms with van der Waals surface area (Å²) in [6.07, 6.45) is 4.02. The van der Waals surface area contributed by atoms with Crippen molar-refractivity contribution in [2.24, 2.45) is 11.8 Å². The quantitative estimate of drug-likeness (QED) is 0.744. The fraction of sp³-hybridized carbons (Fsp3) is 1.00. The Morgan fingerprint density at radius 3 is 2.12 bits per heavy atom. The van der Waals surface area contributed by atoms with E-state index in [1.807, 2.05) is 0 Å². The van der Waals surface area contributed by atoms with Gasteiger partial charge in [0.05, 0.1) is 16.8 Å². The van der Waals surface area contributed by atoms with Crippen LogP contribution in [0.5, 0.6) is 0 Å². The summed E-state index contributed by atoms with van der Waals surface area (Å²) in [5, 5.41) is 10.8. The molecule has 1 aliphatic carbocycles. The number of aliphatic hydroxyl groups is 1. The molecule has 94 valence electrons. The Labute approximate surface area is 99.4 Å². The monoisotopic (exact) mass is 226 g/mol. The van der Waals surface area contributed by atoms with E-state index < -0.39 is 5.60 Å². The highest BCUT2D eigenvalue weighted by Crippen LogP contribution is 2.52. The molecule has 0 bridgehead atoms. The lowest BCUT2D eigenvalue weighted by Gasteiger charge is -2.37. The first-order chi connectivity index (χ1) is 7.15. The van der Waals surface area contributed by atoms with Crippen LogP contribution in [0, 0.1) is 11.8 Å². The third kappa shape index (κ3) is 2.02. The first-order valence-corrected chi connectivity index (χ1v) is 6.57. The Morgan fingerprint density at radius 2 is 1.75 bits per heavy atom. The van der Waals surface area contributed by atoms with E-state index in [1.165, 1.54) is 0 Å². The van der Waals surface area contributed by atoms with Gasteiger partial charge in [-0.15, -0.1) is 0 Å². The molecule has 2 rings (SSSR count). The highest BCUT2D eigenvalue weighted by molar-refractivity contribution is 5.06. The highest BCUT2D eigenvalue weighted by Gasteiger charge is 2.56. The fourth-order valence-electron chi connectivity index (χ4n) is 4.02. The topological polar surface area (TPSA) is 29.5 Å².